The van der Waals surface area contributed by atoms with Crippen LogP contribution < -0.4 is 5.32 Å². The van der Waals surface area contributed by atoms with Crippen molar-refractivity contribution < 1.29 is 0 Å². The first kappa shape index (κ1) is 6.07. The third kappa shape index (κ3) is 0.874. The zero-order valence-corrected chi connectivity index (χ0v) is 6.02. The predicted octanol–water partition coefficient (Wildman–Crippen LogP) is 0.733. The molecule has 52 valence electrons. The lowest BCUT2D eigenvalue weighted by molar-refractivity contribution is 0.753. The van der Waals surface area contributed by atoms with Crippen LogP contribution in [0.15, 0.2) is 6.20 Å². The van der Waals surface area contributed by atoms with Crippen molar-refractivity contribution in [2.45, 2.75) is 13.1 Å². The molecule has 4 heteroatoms. The van der Waals surface area contributed by atoms with Crippen molar-refractivity contribution in [3.8, 4) is 0 Å². The summed E-state index contributed by atoms with van der Waals surface area (Å²) in [6.45, 7) is 1.61. The second kappa shape index (κ2) is 2.18. The summed E-state index contributed by atoms with van der Waals surface area (Å²) in [7, 11) is 0. The van der Waals surface area contributed by atoms with Gasteiger partial charge in [0, 0.05) is 13.1 Å². The van der Waals surface area contributed by atoms with Crippen LogP contribution in [-0.2, 0) is 13.1 Å². The maximum absolute atomic E-state index is 5.62. The van der Waals surface area contributed by atoms with Gasteiger partial charge < -0.3 is 5.32 Å². The van der Waals surface area contributed by atoms with E-state index in [0.717, 1.165) is 24.5 Å². The Hall–Kier alpha value is -0.670. The van der Waals surface area contributed by atoms with Crippen LogP contribution in [0.3, 0.4) is 0 Å². The van der Waals surface area contributed by atoms with Gasteiger partial charge in [-0.2, -0.15) is 0 Å². The molecule has 0 saturated carbocycles. The van der Waals surface area contributed by atoms with Crippen molar-refractivity contribution in [1.82, 2.24) is 15.3 Å². The lowest BCUT2D eigenvalue weighted by Gasteiger charge is -1.93. The van der Waals surface area contributed by atoms with Gasteiger partial charge in [-0.1, -0.05) is 11.6 Å². The highest BCUT2D eigenvalue weighted by atomic mass is 35.5. The Morgan fingerprint density at radius 2 is 2.20 bits per heavy atom. The van der Waals surface area contributed by atoms with E-state index in [0.29, 0.717) is 5.15 Å². The summed E-state index contributed by atoms with van der Waals surface area (Å²) in [5.41, 5.74) is 2.00. The Morgan fingerprint density at radius 3 is 3.10 bits per heavy atom. The number of nitrogens with one attached hydrogen (secondary N) is 1. The molecule has 0 bridgehead atoms. The summed E-state index contributed by atoms with van der Waals surface area (Å²) in [6.07, 6.45) is 1.58. The molecule has 0 unspecified atom stereocenters. The van der Waals surface area contributed by atoms with E-state index in [9.17, 15) is 0 Å². The van der Waals surface area contributed by atoms with Gasteiger partial charge in [-0.3, -0.25) is 4.98 Å². The molecule has 0 aliphatic carbocycles. The Labute approximate surface area is 63.4 Å². The van der Waals surface area contributed by atoms with Crippen LogP contribution in [0.4, 0.5) is 0 Å². The van der Waals surface area contributed by atoms with E-state index in [2.05, 4.69) is 15.3 Å². The van der Waals surface area contributed by atoms with Crippen LogP contribution in [0.2, 0.25) is 5.15 Å². The lowest BCUT2D eigenvalue weighted by atomic mass is 10.4. The first-order valence-electron chi connectivity index (χ1n) is 3.07. The molecule has 2 heterocycles. The second-order valence-corrected chi connectivity index (χ2v) is 2.58. The fraction of sp³-hybridized carbons (Fsp3) is 0.333. The maximum Gasteiger partial charge on any atom is 0.147 e. The lowest BCUT2D eigenvalue weighted by Crippen LogP contribution is -2.00. The summed E-state index contributed by atoms with van der Waals surface area (Å²) in [5.74, 6) is 0. The van der Waals surface area contributed by atoms with Gasteiger partial charge in [0.2, 0.25) is 0 Å². The molecule has 1 aromatic heterocycles. The molecule has 0 saturated heterocycles. The van der Waals surface area contributed by atoms with E-state index in [4.69, 9.17) is 11.6 Å². The van der Waals surface area contributed by atoms with Crippen LogP contribution in [0, 0.1) is 0 Å². The SMILES string of the molecule is Clc1cnc2c(n1)CNC2. The van der Waals surface area contributed by atoms with E-state index < -0.39 is 0 Å². The minimum atomic E-state index is 0.474. The zero-order valence-electron chi connectivity index (χ0n) is 5.26. The van der Waals surface area contributed by atoms with Gasteiger partial charge in [-0.15, -0.1) is 0 Å². The number of aromatic nitrogens is 2. The molecule has 10 heavy (non-hydrogen) atoms. The second-order valence-electron chi connectivity index (χ2n) is 2.19. The van der Waals surface area contributed by atoms with Crippen LogP contribution in [0.5, 0.6) is 0 Å². The van der Waals surface area contributed by atoms with Crippen LogP contribution in [-0.4, -0.2) is 9.97 Å². The highest BCUT2D eigenvalue weighted by Crippen LogP contribution is 2.12. The molecular formula is C6H6ClN3. The highest BCUT2D eigenvalue weighted by molar-refractivity contribution is 6.29. The Morgan fingerprint density at radius 1 is 1.40 bits per heavy atom. The van der Waals surface area contributed by atoms with E-state index in [1.807, 2.05) is 0 Å². The molecule has 0 atom stereocenters. The average molecular weight is 156 g/mol. The summed E-state index contributed by atoms with van der Waals surface area (Å²) in [5, 5.41) is 3.61. The van der Waals surface area contributed by atoms with Gasteiger partial charge in [-0.25, -0.2) is 4.98 Å². The Bertz CT molecular complexity index is 261. The largest absolute Gasteiger partial charge is 0.305 e. The summed E-state index contributed by atoms with van der Waals surface area (Å²) in [6, 6.07) is 0. The van der Waals surface area contributed by atoms with Crippen molar-refractivity contribution in [2.75, 3.05) is 0 Å². The highest BCUT2D eigenvalue weighted by Gasteiger charge is 2.11. The first-order chi connectivity index (χ1) is 4.86. The maximum atomic E-state index is 5.62. The first-order valence-corrected chi connectivity index (χ1v) is 3.45. The Kier molecular flexibility index (Phi) is 1.32. The molecule has 1 aromatic rings. The van der Waals surface area contributed by atoms with Crippen LogP contribution >= 0.6 is 11.6 Å². The molecule has 0 aromatic carbocycles. The predicted molar refractivity (Wildman–Crippen MR) is 37.6 cm³/mol. The van der Waals surface area contributed by atoms with E-state index >= 15 is 0 Å². The van der Waals surface area contributed by atoms with Crippen molar-refractivity contribution in [3.63, 3.8) is 0 Å². The minimum Gasteiger partial charge on any atom is -0.305 e. The van der Waals surface area contributed by atoms with Crippen molar-refractivity contribution in [3.05, 3.63) is 22.7 Å². The number of hydrogen-bond donors (Lipinski definition) is 1. The van der Waals surface area contributed by atoms with E-state index in [-0.39, 0.29) is 0 Å². The summed E-state index contributed by atoms with van der Waals surface area (Å²) >= 11 is 5.62. The van der Waals surface area contributed by atoms with E-state index in [1.54, 1.807) is 6.20 Å². The Balaban J connectivity index is 2.52. The smallest absolute Gasteiger partial charge is 0.147 e. The van der Waals surface area contributed by atoms with Gasteiger partial charge in [0.1, 0.15) is 5.15 Å². The molecule has 0 spiro atoms. The number of hydrogen-bond acceptors (Lipinski definition) is 3. The monoisotopic (exact) mass is 155 g/mol. The van der Waals surface area contributed by atoms with Gasteiger partial charge >= 0.3 is 0 Å². The van der Waals surface area contributed by atoms with Crippen molar-refractivity contribution >= 4 is 11.6 Å². The van der Waals surface area contributed by atoms with Crippen molar-refractivity contribution in [2.24, 2.45) is 0 Å². The van der Waals surface area contributed by atoms with Crippen LogP contribution in [0.25, 0.3) is 0 Å². The molecule has 1 aliphatic rings. The minimum absolute atomic E-state index is 0.474. The standard InChI is InChI=1S/C6H6ClN3/c7-6-3-9-4-1-8-2-5(4)10-6/h3,8H,1-2H2. The van der Waals surface area contributed by atoms with Gasteiger partial charge in [0.05, 0.1) is 17.6 Å². The fourth-order valence-electron chi connectivity index (χ4n) is 1.02. The van der Waals surface area contributed by atoms with Crippen LogP contribution in [0.1, 0.15) is 11.4 Å². The third-order valence-corrected chi connectivity index (χ3v) is 1.67. The molecule has 0 radical (unpaired) electrons. The molecular weight excluding hydrogens is 150 g/mol. The summed E-state index contributed by atoms with van der Waals surface area (Å²) in [4.78, 5) is 8.20. The molecule has 0 amide bonds. The molecule has 1 aliphatic heterocycles. The zero-order chi connectivity index (χ0) is 6.97. The number of fused-ring (bicyclic) bond motifs is 1. The quantitative estimate of drug-likeness (QED) is 0.601. The summed E-state index contributed by atoms with van der Waals surface area (Å²) < 4.78 is 0. The van der Waals surface area contributed by atoms with E-state index in [1.165, 1.54) is 0 Å². The number of nitrogens with zero attached hydrogens (tertiary/aromatic N) is 2. The third-order valence-electron chi connectivity index (χ3n) is 1.49. The normalized spacial score (nSPS) is 15.3. The fourth-order valence-corrected chi connectivity index (χ4v) is 1.17. The van der Waals surface area contributed by atoms with Crippen molar-refractivity contribution in [1.29, 1.82) is 0 Å². The number of halogens is 1. The van der Waals surface area contributed by atoms with Gasteiger partial charge in [0.15, 0.2) is 0 Å². The molecule has 3 nitrogen and oxygen atoms in total. The van der Waals surface area contributed by atoms with Gasteiger partial charge in [-0.05, 0) is 0 Å². The number of rotatable bonds is 0. The molecule has 0 fully saturated rings. The topological polar surface area (TPSA) is 37.8 Å². The average Bonchev–Trinajstić information content (AvgIpc) is 2.33. The molecule has 1 N–H and O–H groups in total. The van der Waals surface area contributed by atoms with Gasteiger partial charge in [0.25, 0.3) is 0 Å². The molecule has 2 rings (SSSR count).